The monoisotopic (exact) mass is 288 g/mol. The highest BCUT2D eigenvalue weighted by Crippen LogP contribution is 2.22. The third kappa shape index (κ3) is 3.23. The number of rotatable bonds is 3. The van der Waals surface area contributed by atoms with Crippen LogP contribution in [0, 0.1) is 6.92 Å². The van der Waals surface area contributed by atoms with E-state index in [1.54, 1.807) is 10.6 Å². The van der Waals surface area contributed by atoms with E-state index in [0.717, 1.165) is 17.8 Å². The number of aryl methyl sites for hydroxylation is 1. The number of hydrogen-bond acceptors (Lipinski definition) is 3. The smallest absolute Gasteiger partial charge is 0.270 e. The van der Waals surface area contributed by atoms with Crippen LogP contribution in [-0.4, -0.2) is 26.5 Å². The molecule has 2 rings (SSSR count). The Labute approximate surface area is 125 Å². The van der Waals surface area contributed by atoms with E-state index in [-0.39, 0.29) is 17.4 Å². The molecule has 0 aliphatic rings. The van der Waals surface area contributed by atoms with Gasteiger partial charge in [-0.2, -0.15) is 5.10 Å². The first-order valence-corrected chi connectivity index (χ1v) is 7.41. The summed E-state index contributed by atoms with van der Waals surface area (Å²) in [4.78, 5) is 16.7. The first-order valence-electron chi connectivity index (χ1n) is 7.41. The SMILES string of the molecule is CC[C@@H](C)NC(=O)c1cc(C)n2nc(C(C)(C)C)cc2n1. The predicted molar refractivity (Wildman–Crippen MR) is 83.6 cm³/mol. The van der Waals surface area contributed by atoms with Crippen LogP contribution in [0.4, 0.5) is 0 Å². The molecule has 5 heteroatoms. The van der Waals surface area contributed by atoms with E-state index in [1.165, 1.54) is 0 Å². The molecular weight excluding hydrogens is 264 g/mol. The minimum Gasteiger partial charge on any atom is -0.348 e. The Hall–Kier alpha value is -1.91. The van der Waals surface area contributed by atoms with Gasteiger partial charge in [0.05, 0.1) is 5.69 Å². The molecule has 2 aromatic rings. The Morgan fingerprint density at radius 3 is 2.62 bits per heavy atom. The van der Waals surface area contributed by atoms with E-state index in [2.05, 4.69) is 36.2 Å². The molecule has 2 heterocycles. The van der Waals surface area contributed by atoms with E-state index in [9.17, 15) is 4.79 Å². The van der Waals surface area contributed by atoms with Crippen LogP contribution in [0.3, 0.4) is 0 Å². The van der Waals surface area contributed by atoms with Gasteiger partial charge in [0.25, 0.3) is 5.91 Å². The highest BCUT2D eigenvalue weighted by molar-refractivity contribution is 5.93. The van der Waals surface area contributed by atoms with Crippen LogP contribution < -0.4 is 5.32 Å². The van der Waals surface area contributed by atoms with Crippen molar-refractivity contribution in [2.45, 2.75) is 59.4 Å². The molecule has 0 aliphatic carbocycles. The largest absolute Gasteiger partial charge is 0.348 e. The van der Waals surface area contributed by atoms with E-state index >= 15 is 0 Å². The summed E-state index contributed by atoms with van der Waals surface area (Å²) in [5.74, 6) is -0.131. The van der Waals surface area contributed by atoms with Crippen LogP contribution in [-0.2, 0) is 5.41 Å². The molecule has 0 saturated heterocycles. The van der Waals surface area contributed by atoms with Gasteiger partial charge in [-0.1, -0.05) is 27.7 Å². The molecule has 0 unspecified atom stereocenters. The third-order valence-corrected chi connectivity index (χ3v) is 3.60. The van der Waals surface area contributed by atoms with Crippen molar-refractivity contribution >= 4 is 11.6 Å². The first-order chi connectivity index (χ1) is 9.72. The second-order valence-electron chi connectivity index (χ2n) is 6.62. The Morgan fingerprint density at radius 1 is 1.38 bits per heavy atom. The van der Waals surface area contributed by atoms with Crippen molar-refractivity contribution in [3.8, 4) is 0 Å². The van der Waals surface area contributed by atoms with Gasteiger partial charge in [-0.25, -0.2) is 9.50 Å². The molecular formula is C16H24N4O. The summed E-state index contributed by atoms with van der Waals surface area (Å²) >= 11 is 0. The standard InChI is InChI=1S/C16H24N4O/c1-7-10(2)17-15(21)12-8-11(3)20-14(18-12)9-13(19-20)16(4,5)6/h8-10H,7H2,1-6H3,(H,17,21)/t10-/m1/s1. The molecule has 0 aliphatic heterocycles. The fraction of sp³-hybridized carbons (Fsp3) is 0.562. The summed E-state index contributed by atoms with van der Waals surface area (Å²) in [7, 11) is 0. The molecule has 0 spiro atoms. The van der Waals surface area contributed by atoms with Gasteiger partial charge in [0, 0.05) is 23.2 Å². The fourth-order valence-electron chi connectivity index (χ4n) is 2.01. The molecule has 0 radical (unpaired) electrons. The average molecular weight is 288 g/mol. The number of fused-ring (bicyclic) bond motifs is 1. The van der Waals surface area contributed by atoms with Crippen molar-refractivity contribution in [2.75, 3.05) is 0 Å². The second-order valence-corrected chi connectivity index (χ2v) is 6.62. The first kappa shape index (κ1) is 15.5. The minimum atomic E-state index is -0.131. The van der Waals surface area contributed by atoms with Crippen molar-refractivity contribution in [1.82, 2.24) is 19.9 Å². The Bertz CT molecular complexity index is 667. The van der Waals surface area contributed by atoms with Crippen molar-refractivity contribution in [3.05, 3.63) is 29.2 Å². The summed E-state index contributed by atoms with van der Waals surface area (Å²) in [6, 6.07) is 3.88. The van der Waals surface area contributed by atoms with Crippen molar-refractivity contribution in [1.29, 1.82) is 0 Å². The lowest BCUT2D eigenvalue weighted by Crippen LogP contribution is -2.32. The highest BCUT2D eigenvalue weighted by Gasteiger charge is 2.20. The number of carbonyl (C=O) groups is 1. The lowest BCUT2D eigenvalue weighted by atomic mass is 9.93. The van der Waals surface area contributed by atoms with Crippen molar-refractivity contribution in [3.63, 3.8) is 0 Å². The van der Waals surface area contributed by atoms with Gasteiger partial charge in [0.1, 0.15) is 5.69 Å². The molecule has 114 valence electrons. The zero-order chi connectivity index (χ0) is 15.8. The fourth-order valence-corrected chi connectivity index (χ4v) is 2.01. The van der Waals surface area contributed by atoms with Crippen LogP contribution in [0.15, 0.2) is 12.1 Å². The number of aromatic nitrogens is 3. The molecule has 0 fully saturated rings. The quantitative estimate of drug-likeness (QED) is 0.944. The topological polar surface area (TPSA) is 59.3 Å². The van der Waals surface area contributed by atoms with E-state index < -0.39 is 0 Å². The summed E-state index contributed by atoms with van der Waals surface area (Å²) < 4.78 is 1.79. The zero-order valence-electron chi connectivity index (χ0n) is 13.7. The maximum Gasteiger partial charge on any atom is 0.270 e. The maximum atomic E-state index is 12.2. The van der Waals surface area contributed by atoms with Gasteiger partial charge in [-0.3, -0.25) is 4.79 Å². The molecule has 1 N–H and O–H groups in total. The van der Waals surface area contributed by atoms with Crippen molar-refractivity contribution < 1.29 is 4.79 Å². The van der Waals surface area contributed by atoms with Crippen LogP contribution in [0.25, 0.3) is 5.65 Å². The molecule has 21 heavy (non-hydrogen) atoms. The van der Waals surface area contributed by atoms with Crippen LogP contribution in [0.5, 0.6) is 0 Å². The molecule has 1 atom stereocenters. The predicted octanol–water partition coefficient (Wildman–Crippen LogP) is 2.86. The van der Waals surface area contributed by atoms with Gasteiger partial charge >= 0.3 is 0 Å². The summed E-state index contributed by atoms with van der Waals surface area (Å²) in [5, 5.41) is 7.53. The van der Waals surface area contributed by atoms with Crippen molar-refractivity contribution in [2.24, 2.45) is 0 Å². The summed E-state index contributed by atoms with van der Waals surface area (Å²) in [6.45, 7) is 12.3. The Morgan fingerprint density at radius 2 is 2.05 bits per heavy atom. The lowest BCUT2D eigenvalue weighted by Gasteiger charge is -2.13. The number of carbonyl (C=O) groups excluding carboxylic acids is 1. The van der Waals surface area contributed by atoms with Gasteiger partial charge in [-0.15, -0.1) is 0 Å². The Balaban J connectivity index is 2.42. The maximum absolute atomic E-state index is 12.2. The molecule has 0 aromatic carbocycles. The number of nitrogens with zero attached hydrogens (tertiary/aromatic N) is 3. The highest BCUT2D eigenvalue weighted by atomic mass is 16.1. The number of nitrogens with one attached hydrogen (secondary N) is 1. The molecule has 1 amide bonds. The minimum absolute atomic E-state index is 0.0424. The lowest BCUT2D eigenvalue weighted by molar-refractivity contribution is 0.0934. The molecule has 5 nitrogen and oxygen atoms in total. The van der Waals surface area contributed by atoms with Gasteiger partial charge in [-0.05, 0) is 26.3 Å². The van der Waals surface area contributed by atoms with Crippen LogP contribution in [0.2, 0.25) is 0 Å². The van der Waals surface area contributed by atoms with E-state index in [4.69, 9.17) is 0 Å². The Kier molecular flexibility index (Phi) is 4.03. The molecule has 0 bridgehead atoms. The van der Waals surface area contributed by atoms with E-state index in [1.807, 2.05) is 26.8 Å². The summed E-state index contributed by atoms with van der Waals surface area (Å²) in [6.07, 6.45) is 0.897. The van der Waals surface area contributed by atoms with Gasteiger partial charge in [0.2, 0.25) is 0 Å². The zero-order valence-corrected chi connectivity index (χ0v) is 13.7. The third-order valence-electron chi connectivity index (χ3n) is 3.60. The molecule has 0 saturated carbocycles. The second kappa shape index (κ2) is 5.47. The van der Waals surface area contributed by atoms with Crippen LogP contribution in [0.1, 0.15) is 62.9 Å². The number of hydrogen-bond donors (Lipinski definition) is 1. The van der Waals surface area contributed by atoms with Gasteiger partial charge < -0.3 is 5.32 Å². The van der Waals surface area contributed by atoms with E-state index in [0.29, 0.717) is 11.3 Å². The molecule has 2 aromatic heterocycles. The van der Waals surface area contributed by atoms with Crippen LogP contribution >= 0.6 is 0 Å². The van der Waals surface area contributed by atoms with Gasteiger partial charge in [0.15, 0.2) is 5.65 Å². The number of amides is 1. The normalized spacial score (nSPS) is 13.4. The average Bonchev–Trinajstić information content (AvgIpc) is 2.82. The summed E-state index contributed by atoms with van der Waals surface area (Å²) in [5.41, 5.74) is 3.00.